The summed E-state index contributed by atoms with van der Waals surface area (Å²) in [6.45, 7) is 6.08. The third-order valence-electron chi connectivity index (χ3n) is 4.04. The van der Waals surface area contributed by atoms with Crippen LogP contribution in [0.3, 0.4) is 0 Å². The van der Waals surface area contributed by atoms with Crippen LogP contribution in [-0.4, -0.2) is 30.9 Å². The van der Waals surface area contributed by atoms with Crippen LogP contribution >= 0.6 is 0 Å². The summed E-state index contributed by atoms with van der Waals surface area (Å²) in [4.78, 5) is 12.1. The Morgan fingerprint density at radius 3 is 2.60 bits per heavy atom. The van der Waals surface area contributed by atoms with Gasteiger partial charge in [0, 0.05) is 6.42 Å². The van der Waals surface area contributed by atoms with Gasteiger partial charge in [0.25, 0.3) is 0 Å². The summed E-state index contributed by atoms with van der Waals surface area (Å²) in [5.41, 5.74) is -0.302. The van der Waals surface area contributed by atoms with Gasteiger partial charge in [-0.2, -0.15) is 0 Å². The number of epoxide rings is 1. The zero-order chi connectivity index (χ0) is 14.8. The first-order valence-corrected chi connectivity index (χ1v) is 7.02. The number of rotatable bonds is 6. The molecule has 0 amide bonds. The molecule has 20 heavy (non-hydrogen) atoms. The van der Waals surface area contributed by atoms with Crippen molar-refractivity contribution in [2.75, 3.05) is 13.7 Å². The van der Waals surface area contributed by atoms with Crippen LogP contribution in [0.25, 0.3) is 0 Å². The van der Waals surface area contributed by atoms with E-state index in [1.54, 1.807) is 14.0 Å². The maximum absolute atomic E-state index is 12.1. The van der Waals surface area contributed by atoms with Crippen molar-refractivity contribution >= 4 is 5.97 Å². The highest BCUT2D eigenvalue weighted by Gasteiger charge is 2.71. The number of esters is 1. The highest BCUT2D eigenvalue weighted by Crippen LogP contribution is 2.53. The van der Waals surface area contributed by atoms with E-state index in [9.17, 15) is 4.79 Å². The van der Waals surface area contributed by atoms with Gasteiger partial charge in [0.1, 0.15) is 11.4 Å². The summed E-state index contributed by atoms with van der Waals surface area (Å²) in [7, 11) is 1.65. The molecule has 0 saturated carbocycles. The van der Waals surface area contributed by atoms with Gasteiger partial charge >= 0.3 is 5.97 Å². The summed E-state index contributed by atoms with van der Waals surface area (Å²) in [6.07, 6.45) is 1.24. The van der Waals surface area contributed by atoms with Crippen molar-refractivity contribution in [3.8, 4) is 5.75 Å². The second-order valence-electron chi connectivity index (χ2n) is 5.22. The Labute approximate surface area is 120 Å². The van der Waals surface area contributed by atoms with Crippen LogP contribution in [-0.2, 0) is 20.7 Å². The van der Waals surface area contributed by atoms with Gasteiger partial charge in [-0.05, 0) is 31.9 Å². The topological polar surface area (TPSA) is 48.1 Å². The number of hydrogen-bond acceptors (Lipinski definition) is 4. The molecule has 1 aromatic rings. The summed E-state index contributed by atoms with van der Waals surface area (Å²) in [5.74, 6) is 0.554. The fourth-order valence-corrected chi connectivity index (χ4v) is 2.85. The highest BCUT2D eigenvalue weighted by molar-refractivity contribution is 5.85. The molecule has 1 aliphatic rings. The number of hydrogen-bond donors (Lipinski definition) is 0. The first-order chi connectivity index (χ1) is 9.53. The first-order valence-electron chi connectivity index (χ1n) is 7.02. The predicted molar refractivity (Wildman–Crippen MR) is 75.8 cm³/mol. The molecule has 0 aliphatic carbocycles. The van der Waals surface area contributed by atoms with Gasteiger partial charge in [-0.3, -0.25) is 0 Å². The Balaban J connectivity index is 2.19. The van der Waals surface area contributed by atoms with Crippen molar-refractivity contribution in [3.63, 3.8) is 0 Å². The van der Waals surface area contributed by atoms with E-state index in [2.05, 4.69) is 0 Å². The molecule has 0 N–H and O–H groups in total. The van der Waals surface area contributed by atoms with Crippen molar-refractivity contribution in [1.82, 2.24) is 0 Å². The normalized spacial score (nSPS) is 28.0. The lowest BCUT2D eigenvalue weighted by Crippen LogP contribution is -2.35. The van der Waals surface area contributed by atoms with Crippen molar-refractivity contribution in [2.24, 2.45) is 0 Å². The minimum absolute atomic E-state index is 0.264. The smallest absolute Gasteiger partial charge is 0.341 e. The molecule has 2 atom stereocenters. The van der Waals surface area contributed by atoms with E-state index in [-0.39, 0.29) is 5.97 Å². The van der Waals surface area contributed by atoms with E-state index in [4.69, 9.17) is 14.2 Å². The van der Waals surface area contributed by atoms with Gasteiger partial charge in [0.15, 0.2) is 5.60 Å². The van der Waals surface area contributed by atoms with Gasteiger partial charge < -0.3 is 14.2 Å². The molecular formula is C16H22O4. The lowest BCUT2D eigenvalue weighted by molar-refractivity contribution is -0.149. The lowest BCUT2D eigenvalue weighted by atomic mass is 9.86. The maximum atomic E-state index is 12.1. The number of para-hydroxylation sites is 1. The maximum Gasteiger partial charge on any atom is 0.341 e. The Bertz CT molecular complexity index is 499. The second kappa shape index (κ2) is 5.44. The Hall–Kier alpha value is -1.55. The molecule has 0 radical (unpaired) electrons. The average Bonchev–Trinajstić information content (AvgIpc) is 3.06. The first kappa shape index (κ1) is 14.9. The predicted octanol–water partition coefficient (Wildman–Crippen LogP) is 2.74. The Morgan fingerprint density at radius 2 is 2.00 bits per heavy atom. The molecule has 1 heterocycles. The zero-order valence-corrected chi connectivity index (χ0v) is 12.6. The van der Waals surface area contributed by atoms with Gasteiger partial charge in [0.2, 0.25) is 0 Å². The van der Waals surface area contributed by atoms with Crippen LogP contribution < -0.4 is 4.74 Å². The summed E-state index contributed by atoms with van der Waals surface area (Å²) in [6, 6.07) is 7.80. The third kappa shape index (κ3) is 2.29. The van der Waals surface area contributed by atoms with Gasteiger partial charge in [-0.1, -0.05) is 25.1 Å². The SMILES string of the molecule is CCOC(=O)C1(CC)OC1(C)Cc1ccccc1OC. The van der Waals surface area contributed by atoms with Crippen LogP contribution in [0.15, 0.2) is 24.3 Å². The molecule has 4 heteroatoms. The summed E-state index contributed by atoms with van der Waals surface area (Å²) < 4.78 is 16.3. The zero-order valence-electron chi connectivity index (χ0n) is 12.6. The Morgan fingerprint density at radius 1 is 1.30 bits per heavy atom. The van der Waals surface area contributed by atoms with E-state index < -0.39 is 11.2 Å². The number of benzene rings is 1. The van der Waals surface area contributed by atoms with Crippen molar-refractivity contribution in [3.05, 3.63) is 29.8 Å². The molecule has 1 aliphatic heterocycles. The van der Waals surface area contributed by atoms with Crippen molar-refractivity contribution < 1.29 is 19.0 Å². The number of carbonyl (C=O) groups is 1. The minimum Gasteiger partial charge on any atom is -0.496 e. The largest absolute Gasteiger partial charge is 0.496 e. The van der Waals surface area contributed by atoms with Gasteiger partial charge in [-0.25, -0.2) is 4.79 Å². The van der Waals surface area contributed by atoms with Crippen molar-refractivity contribution in [1.29, 1.82) is 0 Å². The molecule has 4 nitrogen and oxygen atoms in total. The van der Waals surface area contributed by atoms with E-state index in [1.165, 1.54) is 0 Å². The third-order valence-corrected chi connectivity index (χ3v) is 4.04. The lowest BCUT2D eigenvalue weighted by Gasteiger charge is -2.15. The molecule has 1 aromatic carbocycles. The van der Waals surface area contributed by atoms with Crippen molar-refractivity contribution in [2.45, 2.75) is 44.8 Å². The standard InChI is InChI=1S/C16H22O4/c1-5-16(14(17)19-6-2)15(3,20-16)11-12-9-7-8-10-13(12)18-4/h7-10H,5-6,11H2,1-4H3. The Kier molecular flexibility index (Phi) is 4.04. The van der Waals surface area contributed by atoms with Crippen LogP contribution in [0, 0.1) is 0 Å². The van der Waals surface area contributed by atoms with Crippen LogP contribution in [0.4, 0.5) is 0 Å². The minimum atomic E-state index is -0.816. The molecular weight excluding hydrogens is 256 g/mol. The van der Waals surface area contributed by atoms with Gasteiger partial charge in [0.05, 0.1) is 13.7 Å². The fourth-order valence-electron chi connectivity index (χ4n) is 2.85. The number of ether oxygens (including phenoxy) is 3. The molecule has 110 valence electrons. The van der Waals surface area contributed by atoms with E-state index in [0.717, 1.165) is 11.3 Å². The quantitative estimate of drug-likeness (QED) is 0.593. The second-order valence-corrected chi connectivity index (χ2v) is 5.22. The van der Waals surface area contributed by atoms with E-state index in [1.807, 2.05) is 38.1 Å². The molecule has 1 fully saturated rings. The monoisotopic (exact) mass is 278 g/mol. The van der Waals surface area contributed by atoms with Gasteiger partial charge in [-0.15, -0.1) is 0 Å². The molecule has 1 saturated heterocycles. The molecule has 0 aromatic heterocycles. The van der Waals surface area contributed by atoms with Crippen LogP contribution in [0.1, 0.15) is 32.8 Å². The molecule has 0 spiro atoms. The number of carbonyl (C=O) groups excluding carboxylic acids is 1. The fraction of sp³-hybridized carbons (Fsp3) is 0.562. The molecule has 2 rings (SSSR count). The van der Waals surface area contributed by atoms with Crippen LogP contribution in [0.2, 0.25) is 0 Å². The average molecular weight is 278 g/mol. The molecule has 0 bridgehead atoms. The van der Waals surface area contributed by atoms with E-state index in [0.29, 0.717) is 19.4 Å². The van der Waals surface area contributed by atoms with E-state index >= 15 is 0 Å². The molecule has 2 unspecified atom stereocenters. The highest BCUT2D eigenvalue weighted by atomic mass is 16.7. The number of methoxy groups -OCH3 is 1. The summed E-state index contributed by atoms with van der Waals surface area (Å²) >= 11 is 0. The summed E-state index contributed by atoms with van der Waals surface area (Å²) in [5, 5.41) is 0. The van der Waals surface area contributed by atoms with Crippen LogP contribution in [0.5, 0.6) is 5.75 Å².